The number of nitrogens with one attached hydrogen (secondary N) is 2. The van der Waals surface area contributed by atoms with E-state index in [9.17, 15) is 14.7 Å². The molecule has 0 fully saturated rings. The monoisotopic (exact) mass is 545 g/mol. The van der Waals surface area contributed by atoms with Crippen LogP contribution in [0.5, 0.6) is 17.2 Å². The number of aromatic hydroxyl groups is 1. The Morgan fingerprint density at radius 1 is 0.969 bits per heavy atom. The van der Waals surface area contributed by atoms with E-state index in [1.165, 1.54) is 13.3 Å². The van der Waals surface area contributed by atoms with Crippen molar-refractivity contribution in [2.45, 2.75) is 0 Å². The Hall–Kier alpha value is -3.60. The van der Waals surface area contributed by atoms with Crippen LogP contribution in [0.2, 0.25) is 0 Å². The van der Waals surface area contributed by atoms with E-state index >= 15 is 0 Å². The first-order valence-electron chi connectivity index (χ1n) is 9.36. The van der Waals surface area contributed by atoms with E-state index in [0.717, 1.165) is 0 Å². The van der Waals surface area contributed by atoms with Gasteiger partial charge in [-0.1, -0.05) is 6.07 Å². The number of carbonyl (C=O) groups excluding carboxylic acids is 2. The van der Waals surface area contributed by atoms with E-state index < -0.39 is 5.91 Å². The summed E-state index contributed by atoms with van der Waals surface area (Å²) in [5.74, 6) is 0.260. The lowest BCUT2D eigenvalue weighted by atomic mass is 10.1. The summed E-state index contributed by atoms with van der Waals surface area (Å²) in [7, 11) is 3.01. The number of phenols is 1. The van der Waals surface area contributed by atoms with E-state index in [2.05, 4.69) is 15.8 Å². The molecule has 0 heterocycles. The lowest BCUT2D eigenvalue weighted by Gasteiger charge is -2.08. The number of anilines is 1. The molecule has 3 aromatic carbocycles. The topological polar surface area (TPSA) is 109 Å². The first-order chi connectivity index (χ1) is 15.4. The Morgan fingerprint density at radius 2 is 1.72 bits per heavy atom. The van der Waals surface area contributed by atoms with Crippen LogP contribution in [0.15, 0.2) is 65.8 Å². The molecule has 0 aliphatic rings. The highest BCUT2D eigenvalue weighted by Crippen LogP contribution is 2.31. The van der Waals surface area contributed by atoms with Gasteiger partial charge in [-0.05, 0) is 82.8 Å². The van der Waals surface area contributed by atoms with Crippen LogP contribution in [-0.4, -0.2) is 37.4 Å². The molecule has 32 heavy (non-hydrogen) atoms. The number of ether oxygens (including phenoxy) is 2. The maximum absolute atomic E-state index is 12.4. The van der Waals surface area contributed by atoms with Crippen LogP contribution < -0.4 is 20.2 Å². The molecule has 0 atom stereocenters. The van der Waals surface area contributed by atoms with Crippen molar-refractivity contribution < 1.29 is 24.2 Å². The number of hydrazone groups is 1. The standard InChI is InChI=1S/C23H20IN3O5/c1-31-18-8-6-15(7-9-18)22(29)26-17-5-3-4-16(12-17)23(30)27-25-13-14-10-19(24)21(28)20(11-14)32-2/h3-13,28H,1-2H3,(H,26,29)(H,27,30)/b25-13+. The van der Waals surface area contributed by atoms with E-state index in [-0.39, 0.29) is 11.7 Å². The fraction of sp³-hybridized carbons (Fsp3) is 0.0870. The minimum absolute atomic E-state index is 0.0442. The highest BCUT2D eigenvalue weighted by Gasteiger charge is 2.10. The van der Waals surface area contributed by atoms with Gasteiger partial charge in [0, 0.05) is 16.8 Å². The molecule has 0 bridgehead atoms. The molecule has 164 valence electrons. The van der Waals surface area contributed by atoms with E-state index in [4.69, 9.17) is 9.47 Å². The second-order valence-corrected chi connectivity index (χ2v) is 7.68. The van der Waals surface area contributed by atoms with Gasteiger partial charge in [-0.15, -0.1) is 0 Å². The second-order valence-electron chi connectivity index (χ2n) is 6.52. The van der Waals surface area contributed by atoms with Gasteiger partial charge in [0.05, 0.1) is 24.0 Å². The van der Waals surface area contributed by atoms with E-state index in [0.29, 0.717) is 37.4 Å². The Labute approximate surface area is 198 Å². The van der Waals surface area contributed by atoms with Crippen molar-refractivity contribution in [3.05, 3.63) is 80.9 Å². The number of hydrogen-bond acceptors (Lipinski definition) is 6. The molecule has 3 aromatic rings. The number of hydrogen-bond donors (Lipinski definition) is 3. The van der Waals surface area contributed by atoms with Crippen molar-refractivity contribution in [3.8, 4) is 17.2 Å². The number of carbonyl (C=O) groups is 2. The third-order valence-corrected chi connectivity index (χ3v) is 5.21. The normalized spacial score (nSPS) is 10.6. The Balaban J connectivity index is 1.65. The summed E-state index contributed by atoms with van der Waals surface area (Å²) in [5.41, 5.74) is 4.35. The molecule has 0 aliphatic carbocycles. The van der Waals surface area contributed by atoms with Gasteiger partial charge in [-0.3, -0.25) is 9.59 Å². The van der Waals surface area contributed by atoms with Gasteiger partial charge in [-0.2, -0.15) is 5.10 Å². The van der Waals surface area contributed by atoms with Crippen LogP contribution in [0.3, 0.4) is 0 Å². The molecular weight excluding hydrogens is 525 g/mol. The molecule has 0 aliphatic heterocycles. The van der Waals surface area contributed by atoms with Gasteiger partial charge < -0.3 is 19.9 Å². The molecule has 0 aromatic heterocycles. The summed E-state index contributed by atoms with van der Waals surface area (Å²) < 4.78 is 10.8. The van der Waals surface area contributed by atoms with Gasteiger partial charge in [0.1, 0.15) is 5.75 Å². The fourth-order valence-electron chi connectivity index (χ4n) is 2.74. The van der Waals surface area contributed by atoms with Gasteiger partial charge in [0.2, 0.25) is 0 Å². The quantitative estimate of drug-likeness (QED) is 0.236. The first kappa shape index (κ1) is 23.1. The van der Waals surface area contributed by atoms with Crippen LogP contribution in [-0.2, 0) is 0 Å². The number of halogens is 1. The minimum atomic E-state index is -0.442. The zero-order valence-corrected chi connectivity index (χ0v) is 19.4. The first-order valence-corrected chi connectivity index (χ1v) is 10.4. The highest BCUT2D eigenvalue weighted by molar-refractivity contribution is 14.1. The third-order valence-electron chi connectivity index (χ3n) is 4.39. The van der Waals surface area contributed by atoms with Gasteiger partial charge in [0.25, 0.3) is 11.8 Å². The van der Waals surface area contributed by atoms with Gasteiger partial charge in [-0.25, -0.2) is 5.43 Å². The average molecular weight is 545 g/mol. The summed E-state index contributed by atoms with van der Waals surface area (Å²) in [5, 5.41) is 16.6. The summed E-state index contributed by atoms with van der Waals surface area (Å²) in [6.45, 7) is 0. The Bertz CT molecular complexity index is 1160. The Morgan fingerprint density at radius 3 is 2.41 bits per heavy atom. The molecule has 0 saturated heterocycles. The molecular formula is C23H20IN3O5. The van der Waals surface area contributed by atoms with Crippen LogP contribution in [0.4, 0.5) is 5.69 Å². The van der Waals surface area contributed by atoms with Crippen molar-refractivity contribution in [3.63, 3.8) is 0 Å². The second kappa shape index (κ2) is 10.6. The molecule has 3 rings (SSSR count). The zero-order chi connectivity index (χ0) is 23.1. The molecule has 9 heteroatoms. The summed E-state index contributed by atoms with van der Waals surface area (Å²) in [6, 6.07) is 16.5. The predicted octanol–water partition coefficient (Wildman–Crippen LogP) is 4.03. The highest BCUT2D eigenvalue weighted by atomic mass is 127. The summed E-state index contributed by atoms with van der Waals surface area (Å²) in [6.07, 6.45) is 1.44. The summed E-state index contributed by atoms with van der Waals surface area (Å²) >= 11 is 1.97. The Kier molecular flexibility index (Phi) is 7.66. The number of benzene rings is 3. The lowest BCUT2D eigenvalue weighted by Crippen LogP contribution is -2.18. The number of amides is 2. The molecule has 8 nitrogen and oxygen atoms in total. The maximum atomic E-state index is 12.4. The van der Waals surface area contributed by atoms with Crippen LogP contribution in [0.1, 0.15) is 26.3 Å². The molecule has 2 amide bonds. The number of nitrogens with zero attached hydrogens (tertiary/aromatic N) is 1. The van der Waals surface area contributed by atoms with Crippen molar-refractivity contribution in [2.24, 2.45) is 5.10 Å². The van der Waals surface area contributed by atoms with Crippen LogP contribution in [0, 0.1) is 3.57 Å². The van der Waals surface area contributed by atoms with Crippen molar-refractivity contribution in [2.75, 3.05) is 19.5 Å². The van der Waals surface area contributed by atoms with Gasteiger partial charge in [0.15, 0.2) is 11.5 Å². The smallest absolute Gasteiger partial charge is 0.271 e. The van der Waals surface area contributed by atoms with Crippen molar-refractivity contribution in [1.29, 1.82) is 0 Å². The van der Waals surface area contributed by atoms with Gasteiger partial charge >= 0.3 is 0 Å². The lowest BCUT2D eigenvalue weighted by molar-refractivity contribution is 0.0953. The van der Waals surface area contributed by atoms with E-state index in [1.54, 1.807) is 67.8 Å². The minimum Gasteiger partial charge on any atom is -0.504 e. The predicted molar refractivity (Wildman–Crippen MR) is 130 cm³/mol. The number of rotatable bonds is 7. The van der Waals surface area contributed by atoms with Crippen LogP contribution >= 0.6 is 22.6 Å². The third kappa shape index (κ3) is 5.76. The SMILES string of the molecule is COc1ccc(C(=O)Nc2cccc(C(=O)N/N=C/c3cc(I)c(O)c(OC)c3)c2)cc1. The average Bonchev–Trinajstić information content (AvgIpc) is 2.81. The molecule has 3 N–H and O–H groups in total. The zero-order valence-electron chi connectivity index (χ0n) is 17.3. The number of phenolic OH excluding ortho intramolecular Hbond substituents is 1. The molecule has 0 radical (unpaired) electrons. The molecule has 0 saturated carbocycles. The van der Waals surface area contributed by atoms with Crippen molar-refractivity contribution >= 4 is 46.3 Å². The van der Waals surface area contributed by atoms with Crippen LogP contribution in [0.25, 0.3) is 0 Å². The fourth-order valence-corrected chi connectivity index (χ4v) is 3.36. The number of methoxy groups -OCH3 is 2. The van der Waals surface area contributed by atoms with Crippen molar-refractivity contribution in [1.82, 2.24) is 5.43 Å². The largest absolute Gasteiger partial charge is 0.504 e. The summed E-state index contributed by atoms with van der Waals surface area (Å²) in [4.78, 5) is 24.9. The molecule has 0 unspecified atom stereocenters. The molecule has 0 spiro atoms. The van der Waals surface area contributed by atoms with E-state index in [1.807, 2.05) is 22.6 Å². The maximum Gasteiger partial charge on any atom is 0.271 e.